The fraction of sp³-hybridized carbons (Fsp3) is 0.600. The molecule has 3 atom stereocenters. The van der Waals surface area contributed by atoms with Crippen LogP contribution < -0.4 is 11.2 Å². The topological polar surface area (TPSA) is 154 Å². The molecule has 11 heteroatoms. The van der Waals surface area contributed by atoms with Crippen LogP contribution in [0.15, 0.2) is 42.5 Å². The summed E-state index contributed by atoms with van der Waals surface area (Å²) in [6, 6.07) is 1.16. The van der Waals surface area contributed by atoms with E-state index in [0.717, 1.165) is 10.6 Å². The lowest BCUT2D eigenvalue weighted by Crippen LogP contribution is -2.51. The molecule has 3 heterocycles. The fourth-order valence-electron chi connectivity index (χ4n) is 2.41. The van der Waals surface area contributed by atoms with Gasteiger partial charge in [-0.25, -0.2) is 4.79 Å². The maximum atomic E-state index is 11.8. The summed E-state index contributed by atoms with van der Waals surface area (Å²) in [4.78, 5) is 24.9. The Bertz CT molecular complexity index is 698. The highest BCUT2D eigenvalue weighted by molar-refractivity contribution is 5.03. The summed E-state index contributed by atoms with van der Waals surface area (Å²) < 4.78 is 6.75. The molecule has 0 radical (unpaired) electrons. The van der Waals surface area contributed by atoms with E-state index in [0.29, 0.717) is 0 Å². The van der Waals surface area contributed by atoms with Crippen LogP contribution in [0.1, 0.15) is 12.6 Å². The second-order valence-corrected chi connectivity index (χ2v) is 4.74. The van der Waals surface area contributed by atoms with Gasteiger partial charge in [0.05, 0.1) is 12.7 Å². The summed E-state index contributed by atoms with van der Waals surface area (Å²) in [5.74, 6) is 0. The molecule has 2 aliphatic heterocycles. The molecule has 1 aromatic heterocycles. The summed E-state index contributed by atoms with van der Waals surface area (Å²) in [7, 11) is 0. The minimum absolute atomic E-state index is 0.0219. The van der Waals surface area contributed by atoms with Gasteiger partial charge in [-0.1, -0.05) is 0 Å². The van der Waals surface area contributed by atoms with E-state index in [9.17, 15) is 19.8 Å². The average molecular weight is 296 g/mol. The number of aliphatic hydroxyl groups is 2. The van der Waals surface area contributed by atoms with E-state index in [2.05, 4.69) is 25.7 Å². The van der Waals surface area contributed by atoms with Crippen LogP contribution in [0.5, 0.6) is 0 Å². The highest BCUT2D eigenvalue weighted by Gasteiger charge is 2.55. The number of rotatable bonds is 3. The van der Waals surface area contributed by atoms with Gasteiger partial charge in [0.1, 0.15) is 6.23 Å². The first-order chi connectivity index (χ1) is 10.1. The summed E-state index contributed by atoms with van der Waals surface area (Å²) in [5, 5.41) is 33.8. The predicted octanol–water partition coefficient (Wildman–Crippen LogP) is -1.29. The number of H-pyrrole nitrogens is 1. The minimum atomic E-state index is -1.52. The van der Waals surface area contributed by atoms with Crippen molar-refractivity contribution in [2.24, 2.45) is 20.7 Å². The van der Waals surface area contributed by atoms with E-state index in [4.69, 9.17) is 4.74 Å². The van der Waals surface area contributed by atoms with E-state index in [1.54, 1.807) is 0 Å². The molecule has 0 saturated carbocycles. The molecule has 11 nitrogen and oxygen atoms in total. The zero-order valence-corrected chi connectivity index (χ0v) is 10.7. The second-order valence-electron chi connectivity index (χ2n) is 4.74. The molecular weight excluding hydrogens is 284 g/mol. The van der Waals surface area contributed by atoms with Crippen LogP contribution >= 0.6 is 0 Å². The largest absolute Gasteiger partial charge is 0.393 e. The van der Waals surface area contributed by atoms with Gasteiger partial charge in [0.25, 0.3) is 5.56 Å². The van der Waals surface area contributed by atoms with Crippen molar-refractivity contribution >= 4 is 0 Å². The molecule has 2 aliphatic rings. The molecule has 3 N–H and O–H groups in total. The van der Waals surface area contributed by atoms with Gasteiger partial charge in [0, 0.05) is 18.7 Å². The highest BCUT2D eigenvalue weighted by Crippen LogP contribution is 2.40. The van der Waals surface area contributed by atoms with E-state index >= 15 is 0 Å². The first-order valence-electron chi connectivity index (χ1n) is 6.15. The Kier molecular flexibility index (Phi) is 3.23. The predicted molar refractivity (Wildman–Crippen MR) is 65.4 cm³/mol. The zero-order valence-electron chi connectivity index (χ0n) is 10.7. The van der Waals surface area contributed by atoms with Gasteiger partial charge in [-0.3, -0.25) is 14.3 Å². The van der Waals surface area contributed by atoms with Crippen molar-refractivity contribution in [3.8, 4) is 0 Å². The molecule has 112 valence electrons. The fourth-order valence-corrected chi connectivity index (χ4v) is 2.41. The van der Waals surface area contributed by atoms with Crippen LogP contribution in [-0.4, -0.2) is 44.2 Å². The van der Waals surface area contributed by atoms with Crippen molar-refractivity contribution in [1.29, 1.82) is 0 Å². The van der Waals surface area contributed by atoms with E-state index in [1.807, 2.05) is 0 Å². The minimum Gasteiger partial charge on any atom is -0.393 e. The van der Waals surface area contributed by atoms with Crippen molar-refractivity contribution < 1.29 is 14.9 Å². The number of ether oxygens (including phenoxy) is 1. The number of hydrogen-bond donors (Lipinski definition) is 3. The molecule has 1 fully saturated rings. The first-order valence-corrected chi connectivity index (χ1v) is 6.15. The van der Waals surface area contributed by atoms with Crippen molar-refractivity contribution in [2.45, 2.75) is 30.5 Å². The number of aliphatic hydroxyl groups excluding tert-OH is 2. The summed E-state index contributed by atoms with van der Waals surface area (Å²) in [5.41, 5.74) is -2.74. The Morgan fingerprint density at radius 1 is 1.43 bits per heavy atom. The number of hydrogen-bond acceptors (Lipinski definition) is 9. The molecule has 1 saturated heterocycles. The van der Waals surface area contributed by atoms with Gasteiger partial charge in [-0.2, -0.15) is 0 Å². The number of aromatic nitrogens is 2. The SMILES string of the molecule is O=c1ccn([C@@H]2C[C@@H](O)[C@@](CO)(C3N=NN=N3)O2)c(=O)[nH]1. The van der Waals surface area contributed by atoms with Crippen LogP contribution in [0.4, 0.5) is 0 Å². The van der Waals surface area contributed by atoms with Crippen LogP contribution in [-0.2, 0) is 4.74 Å². The average Bonchev–Trinajstić information content (AvgIpc) is 3.07. The molecule has 0 spiro atoms. The van der Waals surface area contributed by atoms with Crippen LogP contribution in [0.2, 0.25) is 0 Å². The van der Waals surface area contributed by atoms with Crippen molar-refractivity contribution in [3.63, 3.8) is 0 Å². The lowest BCUT2D eigenvalue weighted by Gasteiger charge is -2.30. The van der Waals surface area contributed by atoms with Crippen molar-refractivity contribution in [1.82, 2.24) is 9.55 Å². The van der Waals surface area contributed by atoms with Crippen molar-refractivity contribution in [2.75, 3.05) is 6.61 Å². The Labute approximate surface area is 116 Å². The third kappa shape index (κ3) is 2.11. The smallest absolute Gasteiger partial charge is 0.330 e. The summed E-state index contributed by atoms with van der Waals surface area (Å²) in [6.45, 7) is -0.578. The molecule has 1 aromatic rings. The van der Waals surface area contributed by atoms with E-state index in [-0.39, 0.29) is 6.42 Å². The second kappa shape index (κ2) is 4.95. The molecular formula is C10H12N6O5. The monoisotopic (exact) mass is 296 g/mol. The number of nitrogens with zero attached hydrogens (tertiary/aromatic N) is 5. The standard InChI is InChI=1S/C10H12N6O5/c17-4-10(8-12-14-15-13-8)5(18)3-7(21-10)16-2-1-6(19)11-9(16)20/h1-2,5,7-8,17-18H,3-4H2,(H,11,19,20)/t5-,7+,10+/m1/s1. The van der Waals surface area contributed by atoms with Gasteiger partial charge in [0.15, 0.2) is 5.60 Å². The van der Waals surface area contributed by atoms with Crippen LogP contribution in [0.3, 0.4) is 0 Å². The Balaban J connectivity index is 1.95. The first kappa shape index (κ1) is 13.7. The molecule has 3 rings (SSSR count). The Morgan fingerprint density at radius 2 is 2.14 bits per heavy atom. The number of aromatic amines is 1. The van der Waals surface area contributed by atoms with Gasteiger partial charge in [-0.15, -0.1) is 10.2 Å². The summed E-state index contributed by atoms with van der Waals surface area (Å²) >= 11 is 0. The van der Waals surface area contributed by atoms with Gasteiger partial charge < -0.3 is 14.9 Å². The molecule has 0 aliphatic carbocycles. The van der Waals surface area contributed by atoms with Crippen LogP contribution in [0, 0.1) is 0 Å². The van der Waals surface area contributed by atoms with Gasteiger partial charge >= 0.3 is 5.69 Å². The molecule has 0 aromatic carbocycles. The maximum absolute atomic E-state index is 11.8. The third-order valence-electron chi connectivity index (χ3n) is 3.55. The third-order valence-corrected chi connectivity index (χ3v) is 3.55. The zero-order chi connectivity index (χ0) is 15.0. The van der Waals surface area contributed by atoms with Gasteiger partial charge in [0.2, 0.25) is 6.17 Å². The molecule has 0 amide bonds. The Morgan fingerprint density at radius 3 is 2.76 bits per heavy atom. The van der Waals surface area contributed by atoms with Gasteiger partial charge in [-0.05, 0) is 10.4 Å². The van der Waals surface area contributed by atoms with Crippen molar-refractivity contribution in [3.05, 3.63) is 33.1 Å². The molecule has 0 unspecified atom stereocenters. The van der Waals surface area contributed by atoms with E-state index in [1.165, 1.54) is 6.20 Å². The highest BCUT2D eigenvalue weighted by atomic mass is 16.6. The number of nitrogens with one attached hydrogen (secondary N) is 1. The summed E-state index contributed by atoms with van der Waals surface area (Å²) in [6.07, 6.45) is -1.71. The molecule has 0 bridgehead atoms. The lowest BCUT2D eigenvalue weighted by molar-refractivity contribution is -0.140. The normalized spacial score (nSPS) is 32.1. The molecule has 21 heavy (non-hydrogen) atoms. The Hall–Kier alpha value is -2.24. The van der Waals surface area contributed by atoms with Crippen LogP contribution in [0.25, 0.3) is 0 Å². The quantitative estimate of drug-likeness (QED) is 0.632. The maximum Gasteiger partial charge on any atom is 0.330 e. The van der Waals surface area contributed by atoms with E-state index < -0.39 is 42.0 Å². The lowest BCUT2D eigenvalue weighted by atomic mass is 9.94.